The summed E-state index contributed by atoms with van der Waals surface area (Å²) in [4.78, 5) is 14.0. The Morgan fingerprint density at radius 3 is 2.55 bits per heavy atom. The second-order valence-electron chi connectivity index (χ2n) is 5.49. The fourth-order valence-electron chi connectivity index (χ4n) is 2.72. The maximum atomic E-state index is 12.2. The molecule has 0 unspecified atom stereocenters. The van der Waals surface area contributed by atoms with Gasteiger partial charge in [0.15, 0.2) is 0 Å². The molecular weight excluding hydrogens is 250 g/mol. The average Bonchev–Trinajstić information content (AvgIpc) is 2.49. The van der Waals surface area contributed by atoms with Crippen LogP contribution in [0.25, 0.3) is 0 Å². The third kappa shape index (κ3) is 3.51. The van der Waals surface area contributed by atoms with Crippen LogP contribution >= 0.6 is 0 Å². The van der Waals surface area contributed by atoms with Gasteiger partial charge in [-0.2, -0.15) is 5.26 Å². The van der Waals surface area contributed by atoms with Crippen LogP contribution < -0.4 is 10.2 Å². The van der Waals surface area contributed by atoms with E-state index in [4.69, 9.17) is 0 Å². The van der Waals surface area contributed by atoms with Gasteiger partial charge in [0.05, 0.1) is 12.6 Å². The number of carbonyl (C=O) groups excluding carboxylic acids is 1. The molecule has 1 amide bonds. The SMILES string of the molecule is CN(CC(=O)NC1(C#N)CCCCC1)c1ccccc1. The van der Waals surface area contributed by atoms with Crippen molar-refractivity contribution in [2.75, 3.05) is 18.5 Å². The zero-order chi connectivity index (χ0) is 14.4. The highest BCUT2D eigenvalue weighted by Crippen LogP contribution is 2.27. The van der Waals surface area contributed by atoms with E-state index in [-0.39, 0.29) is 12.5 Å². The van der Waals surface area contributed by atoms with E-state index in [2.05, 4.69) is 11.4 Å². The summed E-state index contributed by atoms with van der Waals surface area (Å²) in [6.07, 6.45) is 4.72. The maximum Gasteiger partial charge on any atom is 0.240 e. The summed E-state index contributed by atoms with van der Waals surface area (Å²) in [7, 11) is 1.88. The number of nitriles is 1. The highest BCUT2D eigenvalue weighted by atomic mass is 16.2. The third-order valence-electron chi connectivity index (χ3n) is 3.88. The number of carbonyl (C=O) groups is 1. The lowest BCUT2D eigenvalue weighted by Gasteiger charge is -2.32. The van der Waals surface area contributed by atoms with E-state index >= 15 is 0 Å². The number of amides is 1. The van der Waals surface area contributed by atoms with Crippen LogP contribution in [0.2, 0.25) is 0 Å². The van der Waals surface area contributed by atoms with Crippen LogP contribution in [0.5, 0.6) is 0 Å². The molecule has 106 valence electrons. The highest BCUT2D eigenvalue weighted by molar-refractivity contribution is 5.82. The van der Waals surface area contributed by atoms with Gasteiger partial charge in [-0.25, -0.2) is 0 Å². The number of nitrogens with one attached hydrogen (secondary N) is 1. The lowest BCUT2D eigenvalue weighted by Crippen LogP contribution is -2.51. The zero-order valence-corrected chi connectivity index (χ0v) is 11.9. The second kappa shape index (κ2) is 6.42. The number of anilines is 1. The summed E-state index contributed by atoms with van der Waals surface area (Å²) in [6, 6.07) is 12.1. The Hall–Kier alpha value is -2.02. The molecule has 1 aromatic carbocycles. The Morgan fingerprint density at radius 1 is 1.30 bits per heavy atom. The van der Waals surface area contributed by atoms with Crippen molar-refractivity contribution in [3.05, 3.63) is 30.3 Å². The molecule has 1 aromatic rings. The molecule has 1 aliphatic rings. The number of hydrogen-bond acceptors (Lipinski definition) is 3. The monoisotopic (exact) mass is 271 g/mol. The fraction of sp³-hybridized carbons (Fsp3) is 0.500. The van der Waals surface area contributed by atoms with Crippen molar-refractivity contribution in [2.45, 2.75) is 37.6 Å². The molecule has 0 atom stereocenters. The molecule has 4 nitrogen and oxygen atoms in total. The summed E-state index contributed by atoms with van der Waals surface area (Å²) in [5, 5.41) is 12.3. The third-order valence-corrected chi connectivity index (χ3v) is 3.88. The van der Waals surface area contributed by atoms with Gasteiger partial charge in [0, 0.05) is 12.7 Å². The van der Waals surface area contributed by atoms with Crippen molar-refractivity contribution >= 4 is 11.6 Å². The largest absolute Gasteiger partial charge is 0.365 e. The number of likely N-dealkylation sites (N-methyl/N-ethyl adjacent to an activating group) is 1. The van der Waals surface area contributed by atoms with Gasteiger partial charge < -0.3 is 10.2 Å². The molecule has 1 N–H and O–H groups in total. The predicted molar refractivity (Wildman–Crippen MR) is 79.3 cm³/mol. The molecule has 1 saturated carbocycles. The topological polar surface area (TPSA) is 56.1 Å². The van der Waals surface area contributed by atoms with E-state index in [1.54, 1.807) is 0 Å². The second-order valence-corrected chi connectivity index (χ2v) is 5.49. The summed E-state index contributed by atoms with van der Waals surface area (Å²) >= 11 is 0. The first-order valence-corrected chi connectivity index (χ1v) is 7.14. The molecule has 4 heteroatoms. The predicted octanol–water partition coefficient (Wildman–Crippen LogP) is 2.47. The molecule has 20 heavy (non-hydrogen) atoms. The Labute approximate surface area is 120 Å². The van der Waals surface area contributed by atoms with E-state index in [1.165, 1.54) is 0 Å². The van der Waals surface area contributed by atoms with Crippen LogP contribution in [0.15, 0.2) is 30.3 Å². The molecule has 1 aliphatic carbocycles. The summed E-state index contributed by atoms with van der Waals surface area (Å²) in [6.45, 7) is 0.271. The van der Waals surface area contributed by atoms with Crippen LogP contribution in [-0.2, 0) is 4.79 Å². The van der Waals surface area contributed by atoms with E-state index in [0.717, 1.165) is 37.8 Å². The average molecular weight is 271 g/mol. The van der Waals surface area contributed by atoms with Crippen LogP contribution in [0.1, 0.15) is 32.1 Å². The first kappa shape index (κ1) is 14.4. The normalized spacial score (nSPS) is 17.0. The first-order valence-electron chi connectivity index (χ1n) is 7.14. The quantitative estimate of drug-likeness (QED) is 0.915. The highest BCUT2D eigenvalue weighted by Gasteiger charge is 2.33. The van der Waals surface area contributed by atoms with Crippen molar-refractivity contribution in [1.82, 2.24) is 5.32 Å². The zero-order valence-electron chi connectivity index (χ0n) is 11.9. The molecule has 0 aromatic heterocycles. The number of nitrogens with zero attached hydrogens (tertiary/aromatic N) is 2. The van der Waals surface area contributed by atoms with E-state index < -0.39 is 5.54 Å². The fourth-order valence-corrected chi connectivity index (χ4v) is 2.72. The van der Waals surface area contributed by atoms with Gasteiger partial charge in [-0.05, 0) is 25.0 Å². The van der Waals surface area contributed by atoms with Crippen LogP contribution in [-0.4, -0.2) is 25.0 Å². The van der Waals surface area contributed by atoms with Gasteiger partial charge in [-0.3, -0.25) is 4.79 Å². The standard InChI is InChI=1S/C16H21N3O/c1-19(14-8-4-2-5-9-14)12-15(20)18-16(13-17)10-6-3-7-11-16/h2,4-5,8-9H,3,6-7,10-12H2,1H3,(H,18,20). The molecule has 0 heterocycles. The molecule has 0 saturated heterocycles. The van der Waals surface area contributed by atoms with Gasteiger partial charge in [-0.1, -0.05) is 37.5 Å². The Balaban J connectivity index is 1.93. The van der Waals surface area contributed by atoms with Crippen molar-refractivity contribution in [3.63, 3.8) is 0 Å². The van der Waals surface area contributed by atoms with Crippen molar-refractivity contribution in [2.24, 2.45) is 0 Å². The van der Waals surface area contributed by atoms with E-state index in [1.807, 2.05) is 42.3 Å². The minimum Gasteiger partial charge on any atom is -0.365 e. The molecule has 0 spiro atoms. The minimum absolute atomic E-state index is 0.0835. The molecule has 1 fully saturated rings. The van der Waals surface area contributed by atoms with Crippen LogP contribution in [0.4, 0.5) is 5.69 Å². The molecule has 0 radical (unpaired) electrons. The summed E-state index contributed by atoms with van der Waals surface area (Å²) < 4.78 is 0. The van der Waals surface area contributed by atoms with Gasteiger partial charge in [0.1, 0.15) is 5.54 Å². The Morgan fingerprint density at radius 2 is 1.95 bits per heavy atom. The van der Waals surface area contributed by atoms with Crippen molar-refractivity contribution < 1.29 is 4.79 Å². The van der Waals surface area contributed by atoms with Crippen molar-refractivity contribution in [3.8, 4) is 6.07 Å². The lowest BCUT2D eigenvalue weighted by molar-refractivity contribution is -0.121. The minimum atomic E-state index is -0.646. The number of hydrogen-bond donors (Lipinski definition) is 1. The smallest absolute Gasteiger partial charge is 0.240 e. The lowest BCUT2D eigenvalue weighted by atomic mass is 9.83. The van der Waals surface area contributed by atoms with Crippen LogP contribution in [0.3, 0.4) is 0 Å². The maximum absolute atomic E-state index is 12.2. The van der Waals surface area contributed by atoms with Crippen molar-refractivity contribution in [1.29, 1.82) is 5.26 Å². The summed E-state index contributed by atoms with van der Waals surface area (Å²) in [5.74, 6) is -0.0835. The van der Waals surface area contributed by atoms with Gasteiger partial charge >= 0.3 is 0 Å². The Bertz CT molecular complexity index is 486. The Kier molecular flexibility index (Phi) is 4.62. The molecular formula is C16H21N3O. The molecule has 0 aliphatic heterocycles. The van der Waals surface area contributed by atoms with E-state index in [9.17, 15) is 10.1 Å². The van der Waals surface area contributed by atoms with Gasteiger partial charge in [-0.15, -0.1) is 0 Å². The van der Waals surface area contributed by atoms with Gasteiger partial charge in [0.2, 0.25) is 5.91 Å². The first-order chi connectivity index (χ1) is 9.65. The number of para-hydroxylation sites is 1. The number of benzene rings is 1. The van der Waals surface area contributed by atoms with Gasteiger partial charge in [0.25, 0.3) is 0 Å². The molecule has 0 bridgehead atoms. The molecule has 2 rings (SSSR count). The summed E-state index contributed by atoms with van der Waals surface area (Å²) in [5.41, 5.74) is 0.352. The van der Waals surface area contributed by atoms with Crippen LogP contribution in [0, 0.1) is 11.3 Å². The number of rotatable bonds is 4. The van der Waals surface area contributed by atoms with E-state index in [0.29, 0.717) is 0 Å².